The molecule has 0 bridgehead atoms. The molecule has 2 N–H and O–H groups in total. The van der Waals surface area contributed by atoms with Gasteiger partial charge >= 0.3 is 0 Å². The Kier molecular flexibility index (Phi) is 8.42. The monoisotopic (exact) mass is 517 g/mol. The van der Waals surface area contributed by atoms with Crippen LogP contribution in [-0.2, 0) is 11.3 Å². The summed E-state index contributed by atoms with van der Waals surface area (Å²) in [4.78, 5) is 25.4. The molecular weight excluding hydrogens is 490 g/mol. The normalized spacial score (nSPS) is 10.6. The highest BCUT2D eigenvalue weighted by atomic mass is 32.2. The topological polar surface area (TPSA) is 107 Å². The summed E-state index contributed by atoms with van der Waals surface area (Å²) in [5.41, 5.74) is 2.95. The number of para-hydroxylation sites is 2. The Morgan fingerprint density at radius 1 is 0.946 bits per heavy atom. The Morgan fingerprint density at radius 2 is 1.76 bits per heavy atom. The Balaban J connectivity index is 1.54. The highest BCUT2D eigenvalue weighted by Gasteiger charge is 2.19. The van der Waals surface area contributed by atoms with E-state index in [4.69, 9.17) is 9.47 Å². The summed E-state index contributed by atoms with van der Waals surface area (Å²) in [7, 11) is 3.13. The number of nitrogens with one attached hydrogen (secondary N) is 2. The molecule has 3 aromatic carbocycles. The fourth-order valence-corrected chi connectivity index (χ4v) is 4.40. The van der Waals surface area contributed by atoms with E-state index in [2.05, 4.69) is 20.8 Å². The van der Waals surface area contributed by atoms with Gasteiger partial charge in [-0.2, -0.15) is 0 Å². The van der Waals surface area contributed by atoms with E-state index in [0.717, 1.165) is 11.3 Å². The van der Waals surface area contributed by atoms with Crippen LogP contribution in [0.4, 0.5) is 5.69 Å². The molecule has 4 aromatic rings. The van der Waals surface area contributed by atoms with Crippen LogP contribution < -0.4 is 20.1 Å². The standard InChI is InChI=1S/C27H27N5O4S/c1-18-8-6-10-20(14-18)29-25(33)17-37-27-31-30-24(32(27)22-12-4-5-13-23(22)36-3)16-28-26(34)19-9-7-11-21(15-19)35-2/h4-15H,16-17H2,1-3H3,(H,28,34)(H,29,33). The predicted molar refractivity (Wildman–Crippen MR) is 143 cm³/mol. The number of carbonyl (C=O) groups is 2. The van der Waals surface area contributed by atoms with Crippen LogP contribution in [0.3, 0.4) is 0 Å². The molecule has 0 unspecified atom stereocenters. The molecule has 0 spiro atoms. The Hall–Kier alpha value is -4.31. The van der Waals surface area contributed by atoms with Gasteiger partial charge in [-0.05, 0) is 55.0 Å². The first kappa shape index (κ1) is 25.8. The van der Waals surface area contributed by atoms with Crippen LogP contribution in [0.1, 0.15) is 21.7 Å². The van der Waals surface area contributed by atoms with Crippen molar-refractivity contribution in [2.75, 3.05) is 25.3 Å². The van der Waals surface area contributed by atoms with Gasteiger partial charge in [0.1, 0.15) is 11.5 Å². The number of hydrogen-bond donors (Lipinski definition) is 2. The van der Waals surface area contributed by atoms with Crippen LogP contribution in [0.5, 0.6) is 11.5 Å². The van der Waals surface area contributed by atoms with E-state index in [-0.39, 0.29) is 24.1 Å². The lowest BCUT2D eigenvalue weighted by Crippen LogP contribution is -2.24. The van der Waals surface area contributed by atoms with Crippen molar-refractivity contribution in [1.82, 2.24) is 20.1 Å². The first-order valence-electron chi connectivity index (χ1n) is 11.5. The fraction of sp³-hybridized carbons (Fsp3) is 0.185. The number of ether oxygens (including phenoxy) is 2. The third-order valence-electron chi connectivity index (χ3n) is 5.40. The lowest BCUT2D eigenvalue weighted by atomic mass is 10.2. The summed E-state index contributed by atoms with van der Waals surface area (Å²) >= 11 is 1.24. The van der Waals surface area contributed by atoms with Crippen LogP contribution in [-0.4, -0.2) is 46.6 Å². The van der Waals surface area contributed by atoms with Crippen molar-refractivity contribution in [2.45, 2.75) is 18.6 Å². The number of rotatable bonds is 10. The van der Waals surface area contributed by atoms with Gasteiger partial charge in [-0.1, -0.05) is 42.1 Å². The molecule has 0 fully saturated rings. The van der Waals surface area contributed by atoms with Crippen molar-refractivity contribution in [3.05, 3.63) is 89.7 Å². The maximum Gasteiger partial charge on any atom is 0.251 e. The van der Waals surface area contributed by atoms with E-state index in [1.54, 1.807) is 43.1 Å². The number of aromatic nitrogens is 3. The first-order chi connectivity index (χ1) is 18.0. The Bertz CT molecular complexity index is 1410. The van der Waals surface area contributed by atoms with Crippen LogP contribution in [0, 0.1) is 6.92 Å². The molecular formula is C27H27N5O4S. The van der Waals surface area contributed by atoms with E-state index in [0.29, 0.717) is 33.7 Å². The van der Waals surface area contributed by atoms with Crippen LogP contribution in [0.25, 0.3) is 5.69 Å². The van der Waals surface area contributed by atoms with Crippen molar-refractivity contribution in [1.29, 1.82) is 0 Å². The van der Waals surface area contributed by atoms with Gasteiger partial charge in [0.25, 0.3) is 5.91 Å². The summed E-state index contributed by atoms with van der Waals surface area (Å²) in [6.45, 7) is 2.08. The first-order valence-corrected chi connectivity index (χ1v) is 12.5. The molecule has 0 saturated carbocycles. The van der Waals surface area contributed by atoms with Crippen molar-refractivity contribution < 1.29 is 19.1 Å². The number of benzene rings is 3. The molecule has 10 heteroatoms. The van der Waals surface area contributed by atoms with Crippen LogP contribution >= 0.6 is 11.8 Å². The number of aryl methyl sites for hydroxylation is 1. The van der Waals surface area contributed by atoms with Crippen molar-refractivity contribution in [2.24, 2.45) is 0 Å². The van der Waals surface area contributed by atoms with E-state index in [1.807, 2.05) is 55.5 Å². The van der Waals surface area contributed by atoms with Gasteiger partial charge in [-0.25, -0.2) is 0 Å². The molecule has 2 amide bonds. The van der Waals surface area contributed by atoms with Crippen LogP contribution in [0.15, 0.2) is 78.0 Å². The molecule has 0 saturated heterocycles. The lowest BCUT2D eigenvalue weighted by Gasteiger charge is -2.14. The summed E-state index contributed by atoms with van der Waals surface area (Å²) in [5.74, 6) is 1.36. The van der Waals surface area contributed by atoms with Gasteiger partial charge in [0.15, 0.2) is 11.0 Å². The van der Waals surface area contributed by atoms with Crippen molar-refractivity contribution >= 4 is 29.3 Å². The third kappa shape index (κ3) is 6.47. The second kappa shape index (κ2) is 12.1. The van der Waals surface area contributed by atoms with Gasteiger partial charge < -0.3 is 20.1 Å². The van der Waals surface area contributed by atoms with Crippen molar-refractivity contribution in [3.63, 3.8) is 0 Å². The summed E-state index contributed by atoms with van der Waals surface area (Å²) in [5, 5.41) is 14.9. The summed E-state index contributed by atoms with van der Waals surface area (Å²) in [6, 6.07) is 21.9. The van der Waals surface area contributed by atoms with Gasteiger partial charge in [-0.3, -0.25) is 14.2 Å². The Morgan fingerprint density at radius 3 is 2.54 bits per heavy atom. The number of carbonyl (C=O) groups excluding carboxylic acids is 2. The third-order valence-corrected chi connectivity index (χ3v) is 6.33. The van der Waals surface area contributed by atoms with E-state index in [1.165, 1.54) is 11.8 Å². The lowest BCUT2D eigenvalue weighted by molar-refractivity contribution is -0.113. The average molecular weight is 518 g/mol. The van der Waals surface area contributed by atoms with Gasteiger partial charge in [-0.15, -0.1) is 10.2 Å². The number of anilines is 1. The number of nitrogens with zero attached hydrogens (tertiary/aromatic N) is 3. The molecule has 0 aliphatic rings. The average Bonchev–Trinajstić information content (AvgIpc) is 3.33. The van der Waals surface area contributed by atoms with Crippen LogP contribution in [0.2, 0.25) is 0 Å². The highest BCUT2D eigenvalue weighted by Crippen LogP contribution is 2.29. The fourth-order valence-electron chi connectivity index (χ4n) is 3.64. The van der Waals surface area contributed by atoms with Gasteiger partial charge in [0.2, 0.25) is 5.91 Å². The quantitative estimate of drug-likeness (QED) is 0.303. The van der Waals surface area contributed by atoms with Gasteiger partial charge in [0, 0.05) is 11.3 Å². The minimum Gasteiger partial charge on any atom is -0.497 e. The van der Waals surface area contributed by atoms with E-state index in [9.17, 15) is 9.59 Å². The molecule has 9 nitrogen and oxygen atoms in total. The minimum atomic E-state index is -0.278. The highest BCUT2D eigenvalue weighted by molar-refractivity contribution is 7.99. The molecule has 190 valence electrons. The molecule has 1 aromatic heterocycles. The Labute approximate surface area is 219 Å². The molecule has 0 radical (unpaired) electrons. The molecule has 37 heavy (non-hydrogen) atoms. The molecule has 0 aliphatic heterocycles. The zero-order valence-electron chi connectivity index (χ0n) is 20.7. The summed E-state index contributed by atoms with van der Waals surface area (Å²) < 4.78 is 12.5. The maximum atomic E-state index is 12.8. The number of thioether (sulfide) groups is 1. The number of methoxy groups -OCH3 is 2. The molecule has 0 aliphatic carbocycles. The largest absolute Gasteiger partial charge is 0.497 e. The number of amides is 2. The van der Waals surface area contributed by atoms with E-state index >= 15 is 0 Å². The van der Waals surface area contributed by atoms with Crippen molar-refractivity contribution in [3.8, 4) is 17.2 Å². The second-order valence-electron chi connectivity index (χ2n) is 8.03. The predicted octanol–water partition coefficient (Wildman–Crippen LogP) is 4.25. The number of hydrogen-bond acceptors (Lipinski definition) is 7. The molecule has 4 rings (SSSR count). The van der Waals surface area contributed by atoms with E-state index < -0.39 is 0 Å². The van der Waals surface area contributed by atoms with Gasteiger partial charge in [0.05, 0.1) is 32.2 Å². The SMILES string of the molecule is COc1cccc(C(=O)NCc2nnc(SCC(=O)Nc3cccc(C)c3)n2-c2ccccc2OC)c1. The summed E-state index contributed by atoms with van der Waals surface area (Å²) in [6.07, 6.45) is 0. The zero-order valence-corrected chi connectivity index (χ0v) is 21.5. The molecule has 0 atom stereocenters. The smallest absolute Gasteiger partial charge is 0.251 e. The minimum absolute atomic E-state index is 0.108. The maximum absolute atomic E-state index is 12.8. The second-order valence-corrected chi connectivity index (χ2v) is 8.97. The zero-order chi connectivity index (χ0) is 26.2. The molecule has 1 heterocycles.